The van der Waals surface area contributed by atoms with Crippen molar-refractivity contribution < 1.29 is 9.53 Å². The van der Waals surface area contributed by atoms with E-state index in [0.717, 1.165) is 15.4 Å². The maximum absolute atomic E-state index is 12.1. The molecule has 0 aliphatic heterocycles. The minimum absolute atomic E-state index is 0.140. The summed E-state index contributed by atoms with van der Waals surface area (Å²) in [6, 6.07) is 14.4. The Kier molecular flexibility index (Phi) is 4.74. The molecule has 0 saturated carbocycles. The van der Waals surface area contributed by atoms with Crippen molar-refractivity contribution in [3.05, 3.63) is 69.8 Å². The van der Waals surface area contributed by atoms with Crippen LogP contribution in [0.4, 0.5) is 0 Å². The SMILES string of the molecule is COC(=O)c1ccc(Br)c2ccn(Cc3ccc(C(C)(C)C)cc3)c12. The number of halogens is 1. The van der Waals surface area contributed by atoms with Gasteiger partial charge in [0.1, 0.15) is 0 Å². The maximum Gasteiger partial charge on any atom is 0.340 e. The van der Waals surface area contributed by atoms with Gasteiger partial charge < -0.3 is 9.30 Å². The second-order valence-electron chi connectivity index (χ2n) is 7.24. The number of carbonyl (C=O) groups excluding carboxylic acids is 1. The van der Waals surface area contributed by atoms with Crippen LogP contribution in [-0.2, 0) is 16.7 Å². The first-order chi connectivity index (χ1) is 11.8. The number of carbonyl (C=O) groups is 1. The fourth-order valence-corrected chi connectivity index (χ4v) is 3.46. The Hall–Kier alpha value is -2.07. The number of benzene rings is 2. The van der Waals surface area contributed by atoms with Gasteiger partial charge in [0.15, 0.2) is 0 Å². The zero-order valence-corrected chi connectivity index (χ0v) is 16.6. The summed E-state index contributed by atoms with van der Waals surface area (Å²) in [4.78, 5) is 12.1. The monoisotopic (exact) mass is 399 g/mol. The molecule has 0 aliphatic carbocycles. The van der Waals surface area contributed by atoms with Crippen molar-refractivity contribution >= 4 is 32.8 Å². The first-order valence-corrected chi connectivity index (χ1v) is 9.05. The number of nitrogens with zero attached hydrogens (tertiary/aromatic N) is 1. The average molecular weight is 400 g/mol. The summed E-state index contributed by atoms with van der Waals surface area (Å²) in [5, 5.41) is 1.01. The Morgan fingerprint density at radius 1 is 1.08 bits per heavy atom. The van der Waals surface area contributed by atoms with E-state index >= 15 is 0 Å². The van der Waals surface area contributed by atoms with Crippen LogP contribution in [0, 0.1) is 0 Å². The quantitative estimate of drug-likeness (QED) is 0.541. The highest BCUT2D eigenvalue weighted by molar-refractivity contribution is 9.10. The first-order valence-electron chi connectivity index (χ1n) is 8.26. The van der Waals surface area contributed by atoms with E-state index in [1.165, 1.54) is 18.2 Å². The van der Waals surface area contributed by atoms with Crippen LogP contribution in [0.15, 0.2) is 53.1 Å². The van der Waals surface area contributed by atoms with Gasteiger partial charge in [-0.3, -0.25) is 0 Å². The van der Waals surface area contributed by atoms with Crippen molar-refractivity contribution in [2.24, 2.45) is 0 Å². The predicted molar refractivity (Wildman–Crippen MR) is 105 cm³/mol. The van der Waals surface area contributed by atoms with Gasteiger partial charge in [0.25, 0.3) is 0 Å². The van der Waals surface area contributed by atoms with Crippen LogP contribution in [0.2, 0.25) is 0 Å². The highest BCUT2D eigenvalue weighted by Crippen LogP contribution is 2.29. The predicted octanol–water partition coefficient (Wildman–Crippen LogP) is 5.54. The average Bonchev–Trinajstić information content (AvgIpc) is 2.99. The van der Waals surface area contributed by atoms with E-state index in [-0.39, 0.29) is 11.4 Å². The van der Waals surface area contributed by atoms with Gasteiger partial charge in [-0.1, -0.05) is 61.0 Å². The van der Waals surface area contributed by atoms with Crippen molar-refractivity contribution in [1.29, 1.82) is 0 Å². The molecule has 0 radical (unpaired) electrons. The van der Waals surface area contributed by atoms with E-state index in [1.807, 2.05) is 18.3 Å². The van der Waals surface area contributed by atoms with Crippen molar-refractivity contribution in [2.45, 2.75) is 32.7 Å². The summed E-state index contributed by atoms with van der Waals surface area (Å²) in [7, 11) is 1.41. The molecular formula is C21H22BrNO2. The standard InChI is InChI=1S/C21H22BrNO2/c1-21(2,3)15-7-5-14(6-8-15)13-23-12-11-16-18(22)10-9-17(19(16)23)20(24)25-4/h5-12H,13H2,1-4H3. The van der Waals surface area contributed by atoms with Gasteiger partial charge in [-0.25, -0.2) is 4.79 Å². The number of fused-ring (bicyclic) bond motifs is 1. The fraction of sp³-hybridized carbons (Fsp3) is 0.286. The Morgan fingerprint density at radius 2 is 1.76 bits per heavy atom. The van der Waals surface area contributed by atoms with Crippen LogP contribution in [0.5, 0.6) is 0 Å². The molecule has 3 aromatic rings. The zero-order valence-electron chi connectivity index (χ0n) is 15.0. The molecule has 0 spiro atoms. The molecule has 3 nitrogen and oxygen atoms in total. The van der Waals surface area contributed by atoms with Crippen molar-refractivity contribution in [1.82, 2.24) is 4.57 Å². The lowest BCUT2D eigenvalue weighted by Gasteiger charge is -2.19. The van der Waals surface area contributed by atoms with Crippen LogP contribution in [-0.4, -0.2) is 17.6 Å². The third-order valence-corrected chi connectivity index (χ3v) is 5.14. The van der Waals surface area contributed by atoms with Gasteiger partial charge in [0.05, 0.1) is 18.2 Å². The van der Waals surface area contributed by atoms with Crippen LogP contribution in [0.25, 0.3) is 10.9 Å². The molecule has 0 N–H and O–H groups in total. The van der Waals surface area contributed by atoms with E-state index in [4.69, 9.17) is 4.74 Å². The molecule has 0 bridgehead atoms. The van der Waals surface area contributed by atoms with Gasteiger partial charge >= 0.3 is 5.97 Å². The minimum Gasteiger partial charge on any atom is -0.465 e. The van der Waals surface area contributed by atoms with E-state index in [0.29, 0.717) is 12.1 Å². The van der Waals surface area contributed by atoms with Crippen molar-refractivity contribution in [2.75, 3.05) is 7.11 Å². The molecule has 130 valence electrons. The number of hydrogen-bond acceptors (Lipinski definition) is 2. The molecule has 1 aromatic heterocycles. The highest BCUT2D eigenvalue weighted by atomic mass is 79.9. The second-order valence-corrected chi connectivity index (χ2v) is 8.09. The summed E-state index contributed by atoms with van der Waals surface area (Å²) < 4.78 is 8.01. The molecule has 2 aromatic carbocycles. The Balaban J connectivity index is 2.02. The molecule has 3 rings (SSSR count). The molecule has 0 saturated heterocycles. The van der Waals surface area contributed by atoms with E-state index < -0.39 is 0 Å². The van der Waals surface area contributed by atoms with Crippen LogP contribution < -0.4 is 0 Å². The summed E-state index contributed by atoms with van der Waals surface area (Å²) in [6.07, 6.45) is 2.01. The maximum atomic E-state index is 12.1. The van der Waals surface area contributed by atoms with Crippen LogP contribution in [0.1, 0.15) is 42.3 Å². The van der Waals surface area contributed by atoms with E-state index in [1.54, 1.807) is 6.07 Å². The van der Waals surface area contributed by atoms with Crippen LogP contribution in [0.3, 0.4) is 0 Å². The van der Waals surface area contributed by atoms with Gasteiger partial charge in [0, 0.05) is 22.6 Å². The molecule has 25 heavy (non-hydrogen) atoms. The number of esters is 1. The fourth-order valence-electron chi connectivity index (χ4n) is 3.00. The third kappa shape index (κ3) is 3.49. The van der Waals surface area contributed by atoms with Crippen molar-refractivity contribution in [3.8, 4) is 0 Å². The first kappa shape index (κ1) is 17.7. The van der Waals surface area contributed by atoms with E-state index in [9.17, 15) is 4.79 Å². The van der Waals surface area contributed by atoms with Gasteiger partial charge in [-0.2, -0.15) is 0 Å². The second kappa shape index (κ2) is 6.68. The lowest BCUT2D eigenvalue weighted by Crippen LogP contribution is -2.11. The molecule has 0 atom stereocenters. The topological polar surface area (TPSA) is 31.2 Å². The lowest BCUT2D eigenvalue weighted by molar-refractivity contribution is 0.0602. The smallest absolute Gasteiger partial charge is 0.340 e. The summed E-state index contributed by atoms with van der Waals surface area (Å²) in [6.45, 7) is 7.33. The molecule has 0 fully saturated rings. The number of ether oxygens (including phenoxy) is 1. The van der Waals surface area contributed by atoms with E-state index in [2.05, 4.69) is 65.5 Å². The number of rotatable bonds is 3. The van der Waals surface area contributed by atoms with Gasteiger partial charge in [0.2, 0.25) is 0 Å². The number of hydrogen-bond donors (Lipinski definition) is 0. The minimum atomic E-state index is -0.319. The zero-order chi connectivity index (χ0) is 18.2. The molecule has 0 amide bonds. The largest absolute Gasteiger partial charge is 0.465 e. The summed E-state index contributed by atoms with van der Waals surface area (Å²) in [5.74, 6) is -0.319. The molecular weight excluding hydrogens is 378 g/mol. The molecule has 4 heteroatoms. The Bertz CT molecular complexity index is 917. The Morgan fingerprint density at radius 3 is 2.36 bits per heavy atom. The van der Waals surface area contributed by atoms with Crippen molar-refractivity contribution in [3.63, 3.8) is 0 Å². The third-order valence-electron chi connectivity index (χ3n) is 4.45. The van der Waals surface area contributed by atoms with Gasteiger partial charge in [-0.05, 0) is 34.7 Å². The highest BCUT2D eigenvalue weighted by Gasteiger charge is 2.17. The van der Waals surface area contributed by atoms with Crippen LogP contribution >= 0.6 is 15.9 Å². The summed E-state index contributed by atoms with van der Waals surface area (Å²) >= 11 is 3.57. The Labute approximate surface area is 156 Å². The molecule has 0 aliphatic rings. The lowest BCUT2D eigenvalue weighted by atomic mass is 9.87. The summed E-state index contributed by atoms with van der Waals surface area (Å²) in [5.41, 5.74) is 4.12. The number of methoxy groups -OCH3 is 1. The number of aromatic nitrogens is 1. The normalized spacial score (nSPS) is 11.7. The van der Waals surface area contributed by atoms with Gasteiger partial charge in [-0.15, -0.1) is 0 Å². The molecule has 0 unspecified atom stereocenters. The molecule has 1 heterocycles.